The van der Waals surface area contributed by atoms with Gasteiger partial charge in [0.1, 0.15) is 12.1 Å². The number of hydrogen-bond donors (Lipinski definition) is 1. The molecule has 5 nitrogen and oxygen atoms in total. The Morgan fingerprint density at radius 2 is 1.80 bits per heavy atom. The molecule has 1 heterocycles. The van der Waals surface area contributed by atoms with Crippen LogP contribution < -0.4 is 14.8 Å². The third-order valence-corrected chi connectivity index (χ3v) is 3.59. The SMILES string of the molecule is C#Cc1cccc(Nc2ncnc3cc(OCC)c(OCC)cc23)c1. The Morgan fingerprint density at radius 1 is 1.04 bits per heavy atom. The van der Waals surface area contributed by atoms with Gasteiger partial charge in [-0.25, -0.2) is 9.97 Å². The molecule has 5 heteroatoms. The molecule has 0 saturated carbocycles. The van der Waals surface area contributed by atoms with Crippen molar-refractivity contribution >= 4 is 22.4 Å². The van der Waals surface area contributed by atoms with Gasteiger partial charge in [0, 0.05) is 22.7 Å². The summed E-state index contributed by atoms with van der Waals surface area (Å²) in [5.74, 6) is 4.66. The molecular weight excluding hydrogens is 314 g/mol. The lowest BCUT2D eigenvalue weighted by atomic mass is 10.2. The Morgan fingerprint density at radius 3 is 2.52 bits per heavy atom. The highest BCUT2D eigenvalue weighted by Gasteiger charge is 2.12. The number of ether oxygens (including phenoxy) is 2. The van der Waals surface area contributed by atoms with Crippen molar-refractivity contribution in [1.82, 2.24) is 9.97 Å². The van der Waals surface area contributed by atoms with Crippen LogP contribution in [0.4, 0.5) is 11.5 Å². The lowest BCUT2D eigenvalue weighted by Gasteiger charge is -2.14. The molecule has 3 rings (SSSR count). The Labute approximate surface area is 147 Å². The van der Waals surface area contributed by atoms with Crippen molar-refractivity contribution in [2.75, 3.05) is 18.5 Å². The molecule has 126 valence electrons. The summed E-state index contributed by atoms with van der Waals surface area (Å²) in [6.07, 6.45) is 6.99. The largest absolute Gasteiger partial charge is 0.490 e. The highest BCUT2D eigenvalue weighted by Crippen LogP contribution is 2.35. The number of anilines is 2. The van der Waals surface area contributed by atoms with Gasteiger partial charge in [0.15, 0.2) is 11.5 Å². The summed E-state index contributed by atoms with van der Waals surface area (Å²) >= 11 is 0. The van der Waals surface area contributed by atoms with Crippen LogP contribution in [-0.4, -0.2) is 23.2 Å². The fraction of sp³-hybridized carbons (Fsp3) is 0.200. The zero-order chi connectivity index (χ0) is 17.6. The standard InChI is InChI=1S/C20H19N3O2/c1-4-14-8-7-9-15(10-14)23-20-16-11-18(24-5-2)19(25-6-3)12-17(16)21-13-22-20/h1,7-13H,5-6H2,2-3H3,(H,21,22,23). The molecule has 2 aromatic carbocycles. The van der Waals surface area contributed by atoms with Crippen molar-refractivity contribution in [1.29, 1.82) is 0 Å². The van der Waals surface area contributed by atoms with E-state index >= 15 is 0 Å². The van der Waals surface area contributed by atoms with Crippen molar-refractivity contribution < 1.29 is 9.47 Å². The van der Waals surface area contributed by atoms with Gasteiger partial charge in [0.05, 0.1) is 18.7 Å². The Balaban J connectivity index is 2.06. The highest BCUT2D eigenvalue weighted by atomic mass is 16.5. The van der Waals surface area contributed by atoms with Crippen LogP contribution in [0.25, 0.3) is 10.9 Å². The maximum atomic E-state index is 5.70. The molecule has 25 heavy (non-hydrogen) atoms. The molecular formula is C20H19N3O2. The van der Waals surface area contributed by atoms with Gasteiger partial charge >= 0.3 is 0 Å². The summed E-state index contributed by atoms with van der Waals surface area (Å²) in [5, 5.41) is 4.15. The Hall–Kier alpha value is -3.26. The molecule has 0 bridgehead atoms. The molecule has 0 amide bonds. The van der Waals surface area contributed by atoms with Gasteiger partial charge < -0.3 is 14.8 Å². The number of benzene rings is 2. The van der Waals surface area contributed by atoms with Crippen LogP contribution in [0.15, 0.2) is 42.7 Å². The Bertz CT molecular complexity index is 932. The maximum Gasteiger partial charge on any atom is 0.163 e. The number of nitrogens with zero attached hydrogens (tertiary/aromatic N) is 2. The van der Waals surface area contributed by atoms with E-state index in [0.29, 0.717) is 30.5 Å². The minimum absolute atomic E-state index is 0.548. The first-order valence-electron chi connectivity index (χ1n) is 8.13. The second-order valence-electron chi connectivity index (χ2n) is 5.25. The van der Waals surface area contributed by atoms with Gasteiger partial charge in [-0.3, -0.25) is 0 Å². The lowest BCUT2D eigenvalue weighted by Crippen LogP contribution is -2.01. The predicted molar refractivity (Wildman–Crippen MR) is 99.5 cm³/mol. The average molecular weight is 333 g/mol. The van der Waals surface area contributed by atoms with E-state index in [1.807, 2.05) is 50.2 Å². The smallest absolute Gasteiger partial charge is 0.163 e. The van der Waals surface area contributed by atoms with Crippen LogP contribution in [-0.2, 0) is 0 Å². The molecule has 0 aliphatic rings. The van der Waals surface area contributed by atoms with Crippen molar-refractivity contribution in [2.24, 2.45) is 0 Å². The van der Waals surface area contributed by atoms with Crippen LogP contribution in [0.3, 0.4) is 0 Å². The first-order valence-corrected chi connectivity index (χ1v) is 8.13. The van der Waals surface area contributed by atoms with Crippen LogP contribution in [0.2, 0.25) is 0 Å². The van der Waals surface area contributed by atoms with E-state index in [1.165, 1.54) is 6.33 Å². The van der Waals surface area contributed by atoms with Crippen molar-refractivity contribution in [3.05, 3.63) is 48.3 Å². The van der Waals surface area contributed by atoms with E-state index in [2.05, 4.69) is 21.2 Å². The van der Waals surface area contributed by atoms with Crippen molar-refractivity contribution in [3.63, 3.8) is 0 Å². The highest BCUT2D eigenvalue weighted by molar-refractivity contribution is 5.93. The first kappa shape index (κ1) is 16.6. The zero-order valence-corrected chi connectivity index (χ0v) is 14.2. The quantitative estimate of drug-likeness (QED) is 0.687. The zero-order valence-electron chi connectivity index (χ0n) is 14.2. The van der Waals surface area contributed by atoms with E-state index in [0.717, 1.165) is 22.2 Å². The third-order valence-electron chi connectivity index (χ3n) is 3.59. The minimum atomic E-state index is 0.548. The van der Waals surface area contributed by atoms with E-state index in [-0.39, 0.29) is 0 Å². The van der Waals surface area contributed by atoms with Crippen molar-refractivity contribution in [2.45, 2.75) is 13.8 Å². The molecule has 1 aromatic heterocycles. The van der Waals surface area contributed by atoms with Gasteiger partial charge in [-0.15, -0.1) is 6.42 Å². The van der Waals surface area contributed by atoms with E-state index in [9.17, 15) is 0 Å². The van der Waals surface area contributed by atoms with Crippen molar-refractivity contribution in [3.8, 4) is 23.8 Å². The fourth-order valence-corrected chi connectivity index (χ4v) is 2.52. The molecule has 0 aliphatic heterocycles. The monoisotopic (exact) mass is 333 g/mol. The molecule has 0 atom stereocenters. The van der Waals surface area contributed by atoms with E-state index in [1.54, 1.807) is 0 Å². The lowest BCUT2D eigenvalue weighted by molar-refractivity contribution is 0.288. The van der Waals surface area contributed by atoms with E-state index < -0.39 is 0 Å². The molecule has 0 spiro atoms. The number of terminal acetylenes is 1. The molecule has 0 aliphatic carbocycles. The summed E-state index contributed by atoms with van der Waals surface area (Å²) in [7, 11) is 0. The summed E-state index contributed by atoms with van der Waals surface area (Å²) < 4.78 is 11.4. The van der Waals surface area contributed by atoms with Crippen LogP contribution in [0, 0.1) is 12.3 Å². The topological polar surface area (TPSA) is 56.3 Å². The maximum absolute atomic E-state index is 5.70. The molecule has 0 saturated heterocycles. The normalized spacial score (nSPS) is 10.3. The predicted octanol–water partition coefficient (Wildman–Crippen LogP) is 4.15. The summed E-state index contributed by atoms with van der Waals surface area (Å²) in [4.78, 5) is 8.71. The molecule has 0 unspecified atom stereocenters. The molecule has 1 N–H and O–H groups in total. The van der Waals surface area contributed by atoms with Gasteiger partial charge in [0.25, 0.3) is 0 Å². The number of fused-ring (bicyclic) bond motifs is 1. The van der Waals surface area contributed by atoms with Crippen LogP contribution in [0.1, 0.15) is 19.4 Å². The minimum Gasteiger partial charge on any atom is -0.490 e. The van der Waals surface area contributed by atoms with Gasteiger partial charge in [-0.1, -0.05) is 12.0 Å². The van der Waals surface area contributed by atoms with E-state index in [4.69, 9.17) is 15.9 Å². The van der Waals surface area contributed by atoms with Gasteiger partial charge in [0.2, 0.25) is 0 Å². The second-order valence-corrected chi connectivity index (χ2v) is 5.25. The fourth-order valence-electron chi connectivity index (χ4n) is 2.52. The molecule has 0 radical (unpaired) electrons. The number of hydrogen-bond acceptors (Lipinski definition) is 5. The Kier molecular flexibility index (Phi) is 5.00. The van der Waals surface area contributed by atoms with Crippen LogP contribution >= 0.6 is 0 Å². The molecule has 0 fully saturated rings. The van der Waals surface area contributed by atoms with Gasteiger partial charge in [-0.2, -0.15) is 0 Å². The third kappa shape index (κ3) is 3.64. The molecule has 3 aromatic rings. The second kappa shape index (κ2) is 7.54. The number of rotatable bonds is 6. The first-order chi connectivity index (χ1) is 12.2. The van der Waals surface area contributed by atoms with Crippen LogP contribution in [0.5, 0.6) is 11.5 Å². The average Bonchev–Trinajstić information content (AvgIpc) is 2.63. The summed E-state index contributed by atoms with van der Waals surface area (Å²) in [5.41, 5.74) is 2.44. The number of nitrogens with one attached hydrogen (secondary N) is 1. The summed E-state index contributed by atoms with van der Waals surface area (Å²) in [6.45, 7) is 4.98. The summed E-state index contributed by atoms with van der Waals surface area (Å²) in [6, 6.07) is 11.4. The number of aromatic nitrogens is 2. The van der Waals surface area contributed by atoms with Gasteiger partial charge in [-0.05, 0) is 38.1 Å².